The summed E-state index contributed by atoms with van der Waals surface area (Å²) in [5.74, 6) is 6.84. The standard InChI is InChI=1S/C27H27ClFN5O2S/c1-17-14-33(16-31-17)24-9-6-19(12-25(24)36-2)26(32-30)22-13-20(28)15-34(27(22)35)23(10-11-37-3)18-4-7-21(29)8-5-18/h4-9,12-16,23H,10-11,30H2,1-3H3/b32-26+. The zero-order valence-corrected chi connectivity index (χ0v) is 22.3. The maximum atomic E-state index is 13.8. The van der Waals surface area contributed by atoms with Gasteiger partial charge in [0, 0.05) is 18.0 Å². The minimum atomic E-state index is -0.349. The molecule has 4 aromatic rings. The third-order valence-electron chi connectivity index (χ3n) is 6.02. The Kier molecular flexibility index (Phi) is 8.35. The van der Waals surface area contributed by atoms with Crippen LogP contribution in [0.5, 0.6) is 5.75 Å². The Morgan fingerprint density at radius 1 is 1.22 bits per heavy atom. The first-order valence-corrected chi connectivity index (χ1v) is 13.3. The van der Waals surface area contributed by atoms with E-state index in [4.69, 9.17) is 22.2 Å². The highest BCUT2D eigenvalue weighted by Crippen LogP contribution is 2.28. The predicted octanol–water partition coefficient (Wildman–Crippen LogP) is 5.20. The molecule has 0 aliphatic carbocycles. The average Bonchev–Trinajstić information content (AvgIpc) is 3.33. The van der Waals surface area contributed by atoms with Gasteiger partial charge in [-0.05, 0) is 61.2 Å². The molecule has 0 radical (unpaired) electrons. The zero-order valence-electron chi connectivity index (χ0n) is 20.7. The van der Waals surface area contributed by atoms with E-state index in [1.54, 1.807) is 60.2 Å². The number of nitrogens with two attached hydrogens (primary N) is 1. The summed E-state index contributed by atoms with van der Waals surface area (Å²) in [6, 6.07) is 12.8. The van der Waals surface area contributed by atoms with Gasteiger partial charge in [0.25, 0.3) is 5.56 Å². The van der Waals surface area contributed by atoms with E-state index < -0.39 is 0 Å². The molecular formula is C27H27ClFN5O2S. The Bertz CT molecular complexity index is 1480. The number of ether oxygens (including phenoxy) is 1. The topological polar surface area (TPSA) is 87.4 Å². The van der Waals surface area contributed by atoms with Gasteiger partial charge in [-0.2, -0.15) is 16.9 Å². The minimum absolute atomic E-state index is 0.250. The summed E-state index contributed by atoms with van der Waals surface area (Å²) in [6.45, 7) is 1.90. The number of pyridine rings is 1. The number of hydrogen-bond acceptors (Lipinski definition) is 6. The molecule has 2 N–H and O–H groups in total. The highest BCUT2D eigenvalue weighted by atomic mass is 35.5. The zero-order chi connectivity index (χ0) is 26.5. The predicted molar refractivity (Wildman–Crippen MR) is 148 cm³/mol. The smallest absolute Gasteiger partial charge is 0.260 e. The summed E-state index contributed by atoms with van der Waals surface area (Å²) in [5.41, 5.74) is 3.26. The maximum Gasteiger partial charge on any atom is 0.260 e. The van der Waals surface area contributed by atoms with Crippen molar-refractivity contribution in [1.29, 1.82) is 0 Å². The summed E-state index contributed by atoms with van der Waals surface area (Å²) < 4.78 is 22.7. The number of aryl methyl sites for hydroxylation is 1. The lowest BCUT2D eigenvalue weighted by Gasteiger charge is -2.22. The number of methoxy groups -OCH3 is 1. The van der Waals surface area contributed by atoms with Crippen LogP contribution in [0.2, 0.25) is 5.02 Å². The van der Waals surface area contributed by atoms with Crippen molar-refractivity contribution >= 4 is 29.1 Å². The van der Waals surface area contributed by atoms with Gasteiger partial charge in [-0.3, -0.25) is 4.79 Å². The molecule has 0 bridgehead atoms. The number of aromatic nitrogens is 3. The fourth-order valence-corrected chi connectivity index (χ4v) is 4.91. The Balaban J connectivity index is 1.81. The van der Waals surface area contributed by atoms with Crippen molar-refractivity contribution in [1.82, 2.24) is 14.1 Å². The summed E-state index contributed by atoms with van der Waals surface area (Å²) in [6.07, 6.45) is 7.82. The third kappa shape index (κ3) is 5.73. The van der Waals surface area contributed by atoms with Crippen LogP contribution in [-0.4, -0.2) is 38.9 Å². The number of thioether (sulfide) groups is 1. The number of halogens is 2. The van der Waals surface area contributed by atoms with Gasteiger partial charge >= 0.3 is 0 Å². The molecule has 0 spiro atoms. The lowest BCUT2D eigenvalue weighted by molar-refractivity contribution is 0.413. The minimum Gasteiger partial charge on any atom is -0.495 e. The van der Waals surface area contributed by atoms with Crippen LogP contribution in [0.1, 0.15) is 34.8 Å². The van der Waals surface area contributed by atoms with Crippen LogP contribution in [0, 0.1) is 12.7 Å². The van der Waals surface area contributed by atoms with E-state index in [1.807, 2.05) is 36.1 Å². The monoisotopic (exact) mass is 539 g/mol. The van der Waals surface area contributed by atoms with Gasteiger partial charge in [0.15, 0.2) is 0 Å². The van der Waals surface area contributed by atoms with Crippen molar-refractivity contribution in [2.45, 2.75) is 19.4 Å². The summed E-state index contributed by atoms with van der Waals surface area (Å²) >= 11 is 8.17. The van der Waals surface area contributed by atoms with Crippen molar-refractivity contribution in [3.8, 4) is 11.4 Å². The molecule has 2 aromatic heterocycles. The van der Waals surface area contributed by atoms with E-state index >= 15 is 0 Å². The van der Waals surface area contributed by atoms with Crippen LogP contribution < -0.4 is 16.1 Å². The van der Waals surface area contributed by atoms with Crippen molar-refractivity contribution in [3.05, 3.63) is 111 Å². The quantitative estimate of drug-likeness (QED) is 0.179. The maximum absolute atomic E-state index is 13.8. The van der Waals surface area contributed by atoms with E-state index in [2.05, 4.69) is 10.1 Å². The number of hydrogen-bond donors (Lipinski definition) is 1. The fourth-order valence-electron chi connectivity index (χ4n) is 4.24. The van der Waals surface area contributed by atoms with Crippen molar-refractivity contribution in [2.24, 2.45) is 10.9 Å². The first kappa shape index (κ1) is 26.5. The number of nitrogens with zero attached hydrogens (tertiary/aromatic N) is 4. The van der Waals surface area contributed by atoms with Crippen LogP contribution in [0.25, 0.3) is 5.69 Å². The van der Waals surface area contributed by atoms with Gasteiger partial charge in [0.2, 0.25) is 0 Å². The van der Waals surface area contributed by atoms with Crippen LogP contribution in [0.4, 0.5) is 4.39 Å². The molecule has 2 aromatic carbocycles. The molecule has 1 unspecified atom stereocenters. The molecular weight excluding hydrogens is 513 g/mol. The van der Waals surface area contributed by atoms with Gasteiger partial charge in [-0.1, -0.05) is 29.8 Å². The highest BCUT2D eigenvalue weighted by molar-refractivity contribution is 7.98. The number of rotatable bonds is 9. The molecule has 2 heterocycles. The Morgan fingerprint density at radius 2 is 1.97 bits per heavy atom. The van der Waals surface area contributed by atoms with Crippen LogP contribution in [0.15, 0.2) is 77.1 Å². The number of hydrazone groups is 1. The van der Waals surface area contributed by atoms with Gasteiger partial charge in [-0.25, -0.2) is 9.37 Å². The molecule has 0 aliphatic heterocycles. The second-order valence-electron chi connectivity index (χ2n) is 8.42. The van der Waals surface area contributed by atoms with Gasteiger partial charge in [-0.15, -0.1) is 0 Å². The molecule has 0 aliphatic rings. The lowest BCUT2D eigenvalue weighted by atomic mass is 10.0. The van der Waals surface area contributed by atoms with Crippen LogP contribution >= 0.6 is 23.4 Å². The van der Waals surface area contributed by atoms with E-state index in [0.29, 0.717) is 22.8 Å². The van der Waals surface area contributed by atoms with Crippen molar-refractivity contribution in [3.63, 3.8) is 0 Å². The van der Waals surface area contributed by atoms with Crippen LogP contribution in [0.3, 0.4) is 0 Å². The van der Waals surface area contributed by atoms with Crippen molar-refractivity contribution < 1.29 is 9.13 Å². The van der Waals surface area contributed by atoms with Gasteiger partial charge < -0.3 is 19.7 Å². The number of imidazole rings is 1. The summed E-state index contributed by atoms with van der Waals surface area (Å²) in [7, 11) is 1.57. The Labute approximate surface area is 223 Å². The Morgan fingerprint density at radius 3 is 2.59 bits per heavy atom. The molecule has 10 heteroatoms. The second kappa shape index (κ2) is 11.7. The molecule has 7 nitrogen and oxygen atoms in total. The molecule has 192 valence electrons. The molecule has 37 heavy (non-hydrogen) atoms. The summed E-state index contributed by atoms with van der Waals surface area (Å²) in [5, 5.41) is 4.33. The Hall–Kier alpha value is -3.56. The molecule has 0 amide bonds. The summed E-state index contributed by atoms with van der Waals surface area (Å²) in [4.78, 5) is 18.1. The number of benzene rings is 2. The normalized spacial score (nSPS) is 12.5. The van der Waals surface area contributed by atoms with E-state index in [-0.39, 0.29) is 28.7 Å². The third-order valence-corrected chi connectivity index (χ3v) is 6.87. The molecule has 0 saturated heterocycles. The SMILES string of the molecule is COc1cc(/C(=N\N)c2cc(Cl)cn(C(CCSC)c3ccc(F)cc3)c2=O)ccc1-n1cnc(C)c1. The van der Waals surface area contributed by atoms with E-state index in [1.165, 1.54) is 12.1 Å². The van der Waals surface area contributed by atoms with Crippen molar-refractivity contribution in [2.75, 3.05) is 19.1 Å². The average molecular weight is 540 g/mol. The molecule has 0 fully saturated rings. The second-order valence-corrected chi connectivity index (χ2v) is 9.84. The van der Waals surface area contributed by atoms with E-state index in [9.17, 15) is 9.18 Å². The van der Waals surface area contributed by atoms with Gasteiger partial charge in [0.05, 0.1) is 41.4 Å². The molecule has 1 atom stereocenters. The molecule has 0 saturated carbocycles. The molecule has 4 rings (SSSR count). The largest absolute Gasteiger partial charge is 0.495 e. The fraction of sp³-hybridized carbons (Fsp3) is 0.222. The van der Waals surface area contributed by atoms with Gasteiger partial charge in [0.1, 0.15) is 17.3 Å². The van der Waals surface area contributed by atoms with E-state index in [0.717, 1.165) is 22.7 Å². The first-order chi connectivity index (χ1) is 17.9. The van der Waals surface area contributed by atoms with Crippen LogP contribution in [-0.2, 0) is 0 Å². The highest BCUT2D eigenvalue weighted by Gasteiger charge is 2.21. The lowest BCUT2D eigenvalue weighted by Crippen LogP contribution is -2.31. The first-order valence-electron chi connectivity index (χ1n) is 11.5.